The van der Waals surface area contributed by atoms with E-state index in [0.717, 1.165) is 25.7 Å². The lowest BCUT2D eigenvalue weighted by atomic mass is 10.1. The van der Waals surface area contributed by atoms with Gasteiger partial charge in [0.05, 0.1) is 25.6 Å². The number of fused-ring (bicyclic) bond motifs is 1. The molecule has 2 heterocycles. The second-order valence-corrected chi connectivity index (χ2v) is 11.9. The van der Waals surface area contributed by atoms with E-state index in [-0.39, 0.29) is 24.5 Å². The Hall–Kier alpha value is -3.47. The second-order valence-electron chi connectivity index (χ2n) is 10.2. The monoisotopic (exact) mass is 569 g/mol. The Kier molecular flexibility index (Phi) is 8.68. The summed E-state index contributed by atoms with van der Waals surface area (Å²) in [6, 6.07) is 8.18. The van der Waals surface area contributed by atoms with Crippen molar-refractivity contribution >= 4 is 36.6 Å². The van der Waals surface area contributed by atoms with Gasteiger partial charge in [-0.25, -0.2) is 9.55 Å². The molecule has 12 nitrogen and oxygen atoms in total. The summed E-state index contributed by atoms with van der Waals surface area (Å²) in [5.41, 5.74) is 7.34. The maximum absolute atomic E-state index is 13.8. The van der Waals surface area contributed by atoms with Gasteiger partial charge in [-0.1, -0.05) is 43.7 Å². The van der Waals surface area contributed by atoms with Crippen LogP contribution in [0.2, 0.25) is 0 Å². The van der Waals surface area contributed by atoms with Gasteiger partial charge in [0.15, 0.2) is 17.0 Å². The van der Waals surface area contributed by atoms with Gasteiger partial charge in [0.25, 0.3) is 0 Å². The summed E-state index contributed by atoms with van der Waals surface area (Å²) in [6.45, 7) is 4.00. The van der Waals surface area contributed by atoms with E-state index in [2.05, 4.69) is 25.4 Å². The number of esters is 1. The van der Waals surface area contributed by atoms with Gasteiger partial charge in [-0.05, 0) is 44.7 Å². The molecule has 3 aromatic rings. The highest BCUT2D eigenvalue weighted by Gasteiger charge is 2.34. The lowest BCUT2D eigenvalue weighted by Crippen LogP contribution is -2.35. The van der Waals surface area contributed by atoms with Crippen LogP contribution in [0.15, 0.2) is 48.8 Å². The van der Waals surface area contributed by atoms with Crippen LogP contribution in [-0.4, -0.2) is 50.8 Å². The molecule has 0 saturated heterocycles. The maximum atomic E-state index is 13.8. The lowest BCUT2D eigenvalue weighted by molar-refractivity contribution is -0.145. The predicted octanol–water partition coefficient (Wildman–Crippen LogP) is 4.63. The number of imidazole rings is 1. The van der Waals surface area contributed by atoms with Crippen LogP contribution in [0.4, 0.5) is 11.8 Å². The number of rotatable bonds is 14. The molecular formula is C27H36N7O5P. The van der Waals surface area contributed by atoms with Crippen molar-refractivity contribution in [3.05, 3.63) is 48.8 Å². The van der Waals surface area contributed by atoms with Gasteiger partial charge in [0.1, 0.15) is 11.8 Å². The molecule has 2 aliphatic carbocycles. The number of hydrogen-bond acceptors (Lipinski definition) is 10. The molecule has 0 aliphatic heterocycles. The molecule has 214 valence electrons. The molecule has 5 rings (SSSR count). The van der Waals surface area contributed by atoms with E-state index in [4.69, 9.17) is 19.5 Å². The van der Waals surface area contributed by atoms with E-state index >= 15 is 0 Å². The molecule has 0 amide bonds. The number of para-hydroxylation sites is 1. The number of aromatic nitrogens is 4. The zero-order chi connectivity index (χ0) is 28.1. The van der Waals surface area contributed by atoms with Gasteiger partial charge < -0.3 is 24.9 Å². The molecule has 1 fully saturated rings. The highest BCUT2D eigenvalue weighted by Crippen LogP contribution is 2.46. The number of unbranched alkanes of at least 4 members (excludes halogenated alkanes) is 1. The van der Waals surface area contributed by atoms with E-state index in [1.165, 1.54) is 0 Å². The van der Waals surface area contributed by atoms with Crippen LogP contribution in [0.25, 0.3) is 11.2 Å². The first-order valence-corrected chi connectivity index (χ1v) is 15.3. The third kappa shape index (κ3) is 6.99. The number of nitrogens with two attached hydrogens (primary N) is 1. The minimum absolute atomic E-state index is 0.0449. The van der Waals surface area contributed by atoms with E-state index in [9.17, 15) is 9.36 Å². The van der Waals surface area contributed by atoms with Gasteiger partial charge in [-0.2, -0.15) is 15.1 Å². The van der Waals surface area contributed by atoms with Crippen molar-refractivity contribution in [2.45, 2.75) is 64.1 Å². The van der Waals surface area contributed by atoms with Crippen molar-refractivity contribution in [3.8, 4) is 5.75 Å². The number of hydrogen-bond donors (Lipinski definition) is 3. The van der Waals surface area contributed by atoms with Crippen molar-refractivity contribution < 1.29 is 23.1 Å². The zero-order valence-corrected chi connectivity index (χ0v) is 23.6. The maximum Gasteiger partial charge on any atom is 0.459 e. The summed E-state index contributed by atoms with van der Waals surface area (Å²) < 4.78 is 32.7. The Bertz CT molecular complexity index is 1390. The van der Waals surface area contributed by atoms with E-state index in [1.54, 1.807) is 37.5 Å². The van der Waals surface area contributed by atoms with Crippen molar-refractivity contribution in [2.24, 2.45) is 5.92 Å². The third-order valence-electron chi connectivity index (χ3n) is 6.74. The first kappa shape index (κ1) is 28.1. The van der Waals surface area contributed by atoms with E-state index in [1.807, 2.05) is 29.7 Å². The molecule has 0 bridgehead atoms. The Morgan fingerprint density at radius 3 is 2.77 bits per heavy atom. The van der Waals surface area contributed by atoms with Gasteiger partial charge >= 0.3 is 13.7 Å². The molecule has 1 aromatic carbocycles. The molecule has 2 aromatic heterocycles. The summed E-state index contributed by atoms with van der Waals surface area (Å²) in [5.74, 6) is 0.623. The molecule has 2 aliphatic rings. The minimum Gasteiger partial charge on any atom is -0.465 e. The summed E-state index contributed by atoms with van der Waals surface area (Å²) in [7, 11) is -3.93. The molecule has 13 heteroatoms. The van der Waals surface area contributed by atoms with E-state index in [0.29, 0.717) is 41.8 Å². The van der Waals surface area contributed by atoms with Crippen molar-refractivity contribution in [3.63, 3.8) is 0 Å². The average molecular weight is 570 g/mol. The number of carbonyl (C=O) groups excluding carboxylic acids is 1. The highest BCUT2D eigenvalue weighted by atomic mass is 31.2. The van der Waals surface area contributed by atoms with Gasteiger partial charge in [-0.15, -0.1) is 0 Å². The van der Waals surface area contributed by atoms with Crippen LogP contribution >= 0.6 is 7.75 Å². The summed E-state index contributed by atoms with van der Waals surface area (Å²) in [4.78, 5) is 25.8. The Morgan fingerprint density at radius 2 is 2.02 bits per heavy atom. The topological polar surface area (TPSA) is 156 Å². The average Bonchev–Trinajstić information content (AvgIpc) is 3.45. The Morgan fingerprint density at radius 1 is 1.23 bits per heavy atom. The van der Waals surface area contributed by atoms with Crippen LogP contribution in [0.5, 0.6) is 5.75 Å². The van der Waals surface area contributed by atoms with Crippen LogP contribution in [0.1, 0.15) is 52.0 Å². The standard InChI is InChI=1S/C27H36N7O5P/c1-3-4-14-37-26(35)18(2)33-40(36,39-22-8-6-5-7-9-22)38-16-19-10-13-21(15-19)34-17-29-23-24(30-20-11-12-20)31-27(28)32-25(23)34/h5-10,13,17-21H,3-4,11-12,14-16H2,1-2H3,(H,33,36)(H3,28,30,31,32)/t18-,19+,21-,40?/m0/s1. The zero-order valence-electron chi connectivity index (χ0n) is 22.7. The van der Waals surface area contributed by atoms with Crippen LogP contribution in [0.3, 0.4) is 0 Å². The Balaban J connectivity index is 1.25. The largest absolute Gasteiger partial charge is 0.465 e. The summed E-state index contributed by atoms with van der Waals surface area (Å²) in [5, 5.41) is 6.12. The Labute approximate surface area is 233 Å². The van der Waals surface area contributed by atoms with Crippen LogP contribution in [-0.2, 0) is 18.6 Å². The number of carbonyl (C=O) groups is 1. The quantitative estimate of drug-likeness (QED) is 0.108. The molecular weight excluding hydrogens is 533 g/mol. The molecule has 40 heavy (non-hydrogen) atoms. The highest BCUT2D eigenvalue weighted by molar-refractivity contribution is 7.52. The first-order chi connectivity index (χ1) is 19.3. The normalized spacial score (nSPS) is 20.8. The number of anilines is 2. The summed E-state index contributed by atoms with van der Waals surface area (Å²) >= 11 is 0. The molecule has 4 N–H and O–H groups in total. The van der Waals surface area contributed by atoms with Crippen LogP contribution < -0.4 is 20.7 Å². The smallest absolute Gasteiger partial charge is 0.459 e. The van der Waals surface area contributed by atoms with Crippen molar-refractivity contribution in [1.29, 1.82) is 0 Å². The molecule has 1 unspecified atom stereocenters. The molecule has 4 atom stereocenters. The molecule has 0 radical (unpaired) electrons. The van der Waals surface area contributed by atoms with Crippen molar-refractivity contribution in [1.82, 2.24) is 24.6 Å². The fourth-order valence-electron chi connectivity index (χ4n) is 4.42. The van der Waals surface area contributed by atoms with Gasteiger partial charge in [0, 0.05) is 12.0 Å². The van der Waals surface area contributed by atoms with E-state index < -0.39 is 19.8 Å². The fraction of sp³-hybridized carbons (Fsp3) is 0.481. The fourth-order valence-corrected chi connectivity index (χ4v) is 5.96. The number of nitrogen functional groups attached to an aromatic ring is 1. The number of allylic oxidation sites excluding steroid dienone is 1. The number of benzene rings is 1. The van der Waals surface area contributed by atoms with Gasteiger partial charge in [-0.3, -0.25) is 9.32 Å². The van der Waals surface area contributed by atoms with Gasteiger partial charge in [0.2, 0.25) is 5.95 Å². The predicted molar refractivity (Wildman–Crippen MR) is 152 cm³/mol. The second kappa shape index (κ2) is 12.4. The molecule has 1 saturated carbocycles. The first-order valence-electron chi connectivity index (χ1n) is 13.7. The van der Waals surface area contributed by atoms with Crippen LogP contribution in [0, 0.1) is 5.92 Å². The summed E-state index contributed by atoms with van der Waals surface area (Å²) in [6.07, 6.45) is 10.3. The minimum atomic E-state index is -3.93. The number of nitrogens with one attached hydrogen (secondary N) is 2. The lowest BCUT2D eigenvalue weighted by Gasteiger charge is -2.24. The third-order valence-corrected chi connectivity index (χ3v) is 8.38. The molecule has 0 spiro atoms. The SMILES string of the molecule is CCCCOC(=O)[C@H](C)NP(=O)(OC[C@@H]1C=C[C@H](n2cnc3c(NC4CC4)nc(N)nc32)C1)Oc1ccccc1. The number of nitrogens with zero attached hydrogens (tertiary/aromatic N) is 4. The van der Waals surface area contributed by atoms with Crippen molar-refractivity contribution in [2.75, 3.05) is 24.3 Å². The number of ether oxygens (including phenoxy) is 1.